The van der Waals surface area contributed by atoms with Gasteiger partial charge in [-0.1, -0.05) is 0 Å². The third kappa shape index (κ3) is 4.49. The average Bonchev–Trinajstić information content (AvgIpc) is 3.22. The fourth-order valence-corrected chi connectivity index (χ4v) is 2.67. The highest BCUT2D eigenvalue weighted by molar-refractivity contribution is 6.00. The van der Waals surface area contributed by atoms with Crippen molar-refractivity contribution in [2.75, 3.05) is 5.32 Å². The van der Waals surface area contributed by atoms with E-state index in [0.29, 0.717) is 11.3 Å². The molecule has 0 saturated carbocycles. The van der Waals surface area contributed by atoms with Crippen molar-refractivity contribution in [2.24, 2.45) is 0 Å². The van der Waals surface area contributed by atoms with E-state index in [2.05, 4.69) is 25.6 Å². The highest BCUT2D eigenvalue weighted by Gasteiger charge is 2.28. The molecule has 0 aliphatic heterocycles. The van der Waals surface area contributed by atoms with E-state index >= 15 is 0 Å². The van der Waals surface area contributed by atoms with Gasteiger partial charge in [0.05, 0.1) is 0 Å². The molecule has 10 heteroatoms. The summed E-state index contributed by atoms with van der Waals surface area (Å²) in [6, 6.07) is 6.60. The van der Waals surface area contributed by atoms with Crippen LogP contribution in [-0.2, 0) is 9.59 Å². The molecule has 0 saturated heterocycles. The van der Waals surface area contributed by atoms with E-state index in [0.717, 1.165) is 0 Å². The summed E-state index contributed by atoms with van der Waals surface area (Å²) in [5, 5.41) is 15.5. The minimum absolute atomic E-state index is 0.0548. The summed E-state index contributed by atoms with van der Waals surface area (Å²) >= 11 is 0. The number of hydrogen-bond acceptors (Lipinski definition) is 7. The van der Waals surface area contributed by atoms with Crippen LogP contribution in [0.5, 0.6) is 5.88 Å². The van der Waals surface area contributed by atoms with Crippen molar-refractivity contribution in [1.29, 1.82) is 0 Å². The molecule has 154 valence electrons. The van der Waals surface area contributed by atoms with Crippen LogP contribution in [0, 0.1) is 0 Å². The maximum atomic E-state index is 12.3. The van der Waals surface area contributed by atoms with Gasteiger partial charge in [-0.05, 0) is 38.1 Å². The lowest BCUT2D eigenvalue weighted by Crippen LogP contribution is -2.51. The zero-order valence-electron chi connectivity index (χ0n) is 16.6. The van der Waals surface area contributed by atoms with E-state index in [1.165, 1.54) is 36.4 Å². The number of imidazole rings is 1. The Morgan fingerprint density at radius 1 is 1.13 bits per heavy atom. The number of amides is 2. The molecule has 10 nitrogen and oxygen atoms in total. The third-order valence-electron chi connectivity index (χ3n) is 4.20. The number of hydrogen-bond donors (Lipinski definition) is 3. The molecule has 3 N–H and O–H groups in total. The van der Waals surface area contributed by atoms with Gasteiger partial charge in [0.2, 0.25) is 17.7 Å². The number of nitrogens with zero attached hydrogens (tertiary/aromatic N) is 4. The summed E-state index contributed by atoms with van der Waals surface area (Å²) in [5.41, 5.74) is -0.0398. The second kappa shape index (κ2) is 8.11. The summed E-state index contributed by atoms with van der Waals surface area (Å²) in [4.78, 5) is 47.8. The van der Waals surface area contributed by atoms with Crippen molar-refractivity contribution in [2.45, 2.75) is 26.3 Å². The van der Waals surface area contributed by atoms with Gasteiger partial charge < -0.3 is 15.7 Å². The van der Waals surface area contributed by atoms with Crippen molar-refractivity contribution < 1.29 is 19.5 Å². The Hall–Kier alpha value is -4.08. The highest BCUT2D eigenvalue weighted by Crippen LogP contribution is 2.22. The fraction of sp³-hybridized carbons (Fsp3) is 0.200. The summed E-state index contributed by atoms with van der Waals surface area (Å²) in [5.74, 6) is -1.42. The van der Waals surface area contributed by atoms with Gasteiger partial charge in [0.1, 0.15) is 17.4 Å². The van der Waals surface area contributed by atoms with E-state index in [1.807, 2.05) is 0 Å². The second-order valence-electron chi connectivity index (χ2n) is 7.04. The molecule has 0 aliphatic carbocycles. The molecule has 3 aromatic rings. The first kappa shape index (κ1) is 20.6. The summed E-state index contributed by atoms with van der Waals surface area (Å²) in [6.45, 7) is 4.54. The minimum Gasteiger partial charge on any atom is -0.493 e. The number of anilines is 1. The van der Waals surface area contributed by atoms with Crippen molar-refractivity contribution in [1.82, 2.24) is 24.8 Å². The van der Waals surface area contributed by atoms with Gasteiger partial charge >= 0.3 is 0 Å². The van der Waals surface area contributed by atoms with Crippen LogP contribution in [0.15, 0.2) is 49.2 Å². The lowest BCUT2D eigenvalue weighted by molar-refractivity contribution is -0.128. The Bertz CT molecular complexity index is 1090. The number of benzene rings is 1. The van der Waals surface area contributed by atoms with Gasteiger partial charge in [-0.25, -0.2) is 9.97 Å². The average molecular weight is 408 g/mol. The molecular weight excluding hydrogens is 388 g/mol. The van der Waals surface area contributed by atoms with E-state index in [1.54, 1.807) is 38.1 Å². The molecule has 0 unspecified atom stereocenters. The predicted molar refractivity (Wildman–Crippen MR) is 108 cm³/mol. The monoisotopic (exact) mass is 408 g/mol. The number of nitrogens with one attached hydrogen (secondary N) is 2. The van der Waals surface area contributed by atoms with Crippen LogP contribution < -0.4 is 10.6 Å². The maximum Gasteiger partial charge on any atom is 0.270 e. The van der Waals surface area contributed by atoms with Gasteiger partial charge in [-0.2, -0.15) is 4.98 Å². The zero-order valence-corrected chi connectivity index (χ0v) is 16.6. The molecular formula is C20H20N6O4. The first-order chi connectivity index (χ1) is 14.2. The Morgan fingerprint density at radius 3 is 2.40 bits per heavy atom. The highest BCUT2D eigenvalue weighted by atomic mass is 16.3. The topological polar surface area (TPSA) is 139 Å². The van der Waals surface area contributed by atoms with E-state index in [9.17, 15) is 19.5 Å². The first-order valence-electron chi connectivity index (χ1n) is 8.96. The SMILES string of the molecule is CC(=O)NC(C)(C)C(=O)Nc1ccc(-c2ncc(C(=O)n3ccnc3)c(O)n2)cc1. The Labute approximate surface area is 172 Å². The van der Waals surface area contributed by atoms with E-state index in [4.69, 9.17) is 0 Å². The maximum absolute atomic E-state index is 12.3. The molecule has 2 aromatic heterocycles. The summed E-state index contributed by atoms with van der Waals surface area (Å²) in [7, 11) is 0. The van der Waals surface area contributed by atoms with Crippen molar-refractivity contribution >= 4 is 23.4 Å². The Morgan fingerprint density at radius 2 is 1.83 bits per heavy atom. The van der Waals surface area contributed by atoms with Crippen LogP contribution in [0.2, 0.25) is 0 Å². The number of carbonyl (C=O) groups excluding carboxylic acids is 3. The second-order valence-corrected chi connectivity index (χ2v) is 7.04. The molecule has 0 radical (unpaired) electrons. The fourth-order valence-electron chi connectivity index (χ4n) is 2.67. The molecule has 0 spiro atoms. The van der Waals surface area contributed by atoms with Crippen LogP contribution in [-0.4, -0.2) is 47.9 Å². The van der Waals surface area contributed by atoms with E-state index < -0.39 is 17.3 Å². The Kier molecular flexibility index (Phi) is 5.58. The van der Waals surface area contributed by atoms with Gasteiger partial charge in [0.15, 0.2) is 5.82 Å². The van der Waals surface area contributed by atoms with Crippen LogP contribution in [0.4, 0.5) is 5.69 Å². The summed E-state index contributed by atoms with van der Waals surface area (Å²) in [6.07, 6.45) is 5.46. The van der Waals surface area contributed by atoms with Gasteiger partial charge in [-0.15, -0.1) is 0 Å². The Balaban J connectivity index is 1.75. The first-order valence-corrected chi connectivity index (χ1v) is 8.96. The van der Waals surface area contributed by atoms with Crippen LogP contribution in [0.1, 0.15) is 31.1 Å². The smallest absolute Gasteiger partial charge is 0.270 e. The van der Waals surface area contributed by atoms with Gasteiger partial charge in [0, 0.05) is 36.8 Å². The lowest BCUT2D eigenvalue weighted by Gasteiger charge is -2.24. The number of aromatic hydroxyl groups is 1. The normalized spacial score (nSPS) is 11.0. The van der Waals surface area contributed by atoms with Crippen LogP contribution in [0.3, 0.4) is 0 Å². The minimum atomic E-state index is -1.07. The van der Waals surface area contributed by atoms with Gasteiger partial charge in [-0.3, -0.25) is 19.0 Å². The number of carbonyl (C=O) groups is 3. The zero-order chi connectivity index (χ0) is 21.9. The van der Waals surface area contributed by atoms with Crippen LogP contribution >= 0.6 is 0 Å². The van der Waals surface area contributed by atoms with E-state index in [-0.39, 0.29) is 23.2 Å². The molecule has 2 heterocycles. The quantitative estimate of drug-likeness (QED) is 0.582. The standard InChI is InChI=1S/C20H20N6O4/c1-12(27)25-20(2,3)19(30)23-14-6-4-13(5-7-14)16-22-10-15(17(28)24-16)18(29)26-9-8-21-11-26/h4-11H,1-3H3,(H,23,30)(H,25,27)(H,22,24,28). The molecule has 0 bridgehead atoms. The largest absolute Gasteiger partial charge is 0.493 e. The van der Waals surface area contributed by atoms with Crippen molar-refractivity contribution in [3.63, 3.8) is 0 Å². The molecule has 3 rings (SSSR count). The summed E-state index contributed by atoms with van der Waals surface area (Å²) < 4.78 is 1.21. The number of rotatable bonds is 5. The molecule has 1 aromatic carbocycles. The molecule has 0 fully saturated rings. The van der Waals surface area contributed by atoms with Crippen LogP contribution in [0.25, 0.3) is 11.4 Å². The number of aromatic nitrogens is 4. The molecule has 30 heavy (non-hydrogen) atoms. The molecule has 0 aliphatic rings. The van der Waals surface area contributed by atoms with Gasteiger partial charge in [0.25, 0.3) is 5.91 Å². The van der Waals surface area contributed by atoms with Crippen molar-refractivity contribution in [3.05, 3.63) is 54.7 Å². The van der Waals surface area contributed by atoms with Crippen molar-refractivity contribution in [3.8, 4) is 17.3 Å². The molecule has 0 atom stereocenters. The third-order valence-corrected chi connectivity index (χ3v) is 4.20. The molecule has 2 amide bonds. The lowest BCUT2D eigenvalue weighted by atomic mass is 10.0. The predicted octanol–water partition coefficient (Wildman–Crippen LogP) is 1.59.